The maximum atomic E-state index is 5.56. The van der Waals surface area contributed by atoms with Crippen LogP contribution in [-0.4, -0.2) is 17.6 Å². The average Bonchev–Trinajstić information content (AvgIpc) is 2.83. The zero-order valence-electron chi connectivity index (χ0n) is 12.7. The van der Waals surface area contributed by atoms with Crippen LogP contribution in [0.5, 0.6) is 5.75 Å². The van der Waals surface area contributed by atoms with E-state index in [0.717, 1.165) is 16.4 Å². The molecule has 1 fully saturated rings. The Labute approximate surface area is 130 Å². The van der Waals surface area contributed by atoms with Crippen LogP contribution < -0.4 is 10.1 Å². The van der Waals surface area contributed by atoms with Crippen LogP contribution in [-0.2, 0) is 0 Å². The van der Waals surface area contributed by atoms with Gasteiger partial charge in [0.15, 0.2) is 5.13 Å². The van der Waals surface area contributed by atoms with Crippen LogP contribution in [0, 0.1) is 0 Å². The van der Waals surface area contributed by atoms with Crippen molar-refractivity contribution in [2.24, 2.45) is 0 Å². The largest absolute Gasteiger partial charge is 0.494 e. The number of rotatable bonds is 4. The fourth-order valence-corrected chi connectivity index (χ4v) is 3.97. The molecule has 1 aliphatic rings. The molecule has 0 aliphatic heterocycles. The first kappa shape index (κ1) is 14.6. The lowest BCUT2D eigenvalue weighted by Gasteiger charge is -2.20. The van der Waals surface area contributed by atoms with Crippen LogP contribution in [0.25, 0.3) is 10.2 Å². The smallest absolute Gasteiger partial charge is 0.184 e. The topological polar surface area (TPSA) is 34.1 Å². The zero-order chi connectivity index (χ0) is 14.5. The molecule has 0 spiro atoms. The lowest BCUT2D eigenvalue weighted by Crippen LogP contribution is -2.20. The first-order chi connectivity index (χ1) is 10.3. The van der Waals surface area contributed by atoms with Gasteiger partial charge in [0.2, 0.25) is 0 Å². The summed E-state index contributed by atoms with van der Waals surface area (Å²) in [6.07, 6.45) is 9.42. The molecule has 1 aromatic heterocycles. The summed E-state index contributed by atoms with van der Waals surface area (Å²) in [5, 5.41) is 4.72. The first-order valence-corrected chi connectivity index (χ1v) is 8.97. The minimum Gasteiger partial charge on any atom is -0.494 e. The molecule has 1 aromatic carbocycles. The number of ether oxygens (including phenoxy) is 1. The van der Waals surface area contributed by atoms with Gasteiger partial charge >= 0.3 is 0 Å². The van der Waals surface area contributed by atoms with Gasteiger partial charge in [-0.3, -0.25) is 0 Å². The molecule has 2 aromatic rings. The third-order valence-electron chi connectivity index (χ3n) is 4.10. The van der Waals surface area contributed by atoms with Crippen molar-refractivity contribution in [1.82, 2.24) is 4.98 Å². The van der Waals surface area contributed by atoms with Crippen LogP contribution in [0.3, 0.4) is 0 Å². The SMILES string of the molecule is CCOc1ccc2nc(NC3CCCCCCC3)sc2c1. The van der Waals surface area contributed by atoms with E-state index in [1.54, 1.807) is 11.3 Å². The van der Waals surface area contributed by atoms with Gasteiger partial charge in [0, 0.05) is 6.04 Å². The summed E-state index contributed by atoms with van der Waals surface area (Å²) in [4.78, 5) is 4.71. The van der Waals surface area contributed by atoms with Crippen molar-refractivity contribution in [3.8, 4) is 5.75 Å². The number of nitrogens with zero attached hydrogens (tertiary/aromatic N) is 1. The number of fused-ring (bicyclic) bond motifs is 1. The normalized spacial score (nSPS) is 17.4. The molecule has 0 unspecified atom stereocenters. The summed E-state index contributed by atoms with van der Waals surface area (Å²) in [6, 6.07) is 6.75. The number of aromatic nitrogens is 1. The van der Waals surface area contributed by atoms with E-state index in [9.17, 15) is 0 Å². The Balaban J connectivity index is 1.71. The molecule has 3 rings (SSSR count). The predicted molar refractivity (Wildman–Crippen MR) is 90.5 cm³/mol. The molecule has 1 aliphatic carbocycles. The molecular weight excluding hydrogens is 280 g/mol. The minimum absolute atomic E-state index is 0.595. The van der Waals surface area contributed by atoms with E-state index in [1.807, 2.05) is 13.0 Å². The monoisotopic (exact) mass is 304 g/mol. The number of nitrogens with one attached hydrogen (secondary N) is 1. The number of thiazole rings is 1. The standard InChI is InChI=1S/C17H24N2OS/c1-2-20-14-10-11-15-16(12-14)21-17(19-15)18-13-8-6-4-3-5-7-9-13/h10-13H,2-9H2,1H3,(H,18,19). The Kier molecular flexibility index (Phi) is 4.96. The lowest BCUT2D eigenvalue weighted by molar-refractivity contribution is 0.341. The highest BCUT2D eigenvalue weighted by molar-refractivity contribution is 7.22. The molecule has 0 amide bonds. The van der Waals surface area contributed by atoms with Gasteiger partial charge in [-0.1, -0.05) is 43.4 Å². The third-order valence-corrected chi connectivity index (χ3v) is 5.05. The molecule has 0 saturated heterocycles. The van der Waals surface area contributed by atoms with Crippen molar-refractivity contribution in [2.75, 3.05) is 11.9 Å². The van der Waals surface area contributed by atoms with Crippen LogP contribution in [0.1, 0.15) is 51.9 Å². The molecule has 1 heterocycles. The third kappa shape index (κ3) is 3.88. The number of hydrogen-bond acceptors (Lipinski definition) is 4. The van der Waals surface area contributed by atoms with Crippen LogP contribution in [0.15, 0.2) is 18.2 Å². The van der Waals surface area contributed by atoms with Crippen molar-refractivity contribution in [1.29, 1.82) is 0 Å². The molecule has 1 saturated carbocycles. The molecule has 4 heteroatoms. The van der Waals surface area contributed by atoms with Crippen molar-refractivity contribution in [2.45, 2.75) is 57.9 Å². The predicted octanol–water partition coefficient (Wildman–Crippen LogP) is 5.22. The van der Waals surface area contributed by atoms with E-state index in [0.29, 0.717) is 12.6 Å². The van der Waals surface area contributed by atoms with Crippen molar-refractivity contribution in [3.63, 3.8) is 0 Å². The van der Waals surface area contributed by atoms with Crippen LogP contribution >= 0.6 is 11.3 Å². The Morgan fingerprint density at radius 2 is 1.95 bits per heavy atom. The Morgan fingerprint density at radius 1 is 1.19 bits per heavy atom. The number of anilines is 1. The zero-order valence-corrected chi connectivity index (χ0v) is 13.5. The summed E-state index contributed by atoms with van der Waals surface area (Å²) in [5.41, 5.74) is 1.07. The molecule has 21 heavy (non-hydrogen) atoms. The fraction of sp³-hybridized carbons (Fsp3) is 0.588. The summed E-state index contributed by atoms with van der Waals surface area (Å²) >= 11 is 1.74. The highest BCUT2D eigenvalue weighted by atomic mass is 32.1. The second-order valence-electron chi connectivity index (χ2n) is 5.77. The van der Waals surface area contributed by atoms with Gasteiger partial charge in [-0.15, -0.1) is 0 Å². The Bertz CT molecular complexity index is 573. The summed E-state index contributed by atoms with van der Waals surface area (Å²) in [5.74, 6) is 0.936. The highest BCUT2D eigenvalue weighted by Gasteiger charge is 2.13. The van der Waals surface area contributed by atoms with E-state index in [2.05, 4.69) is 17.4 Å². The van der Waals surface area contributed by atoms with E-state index >= 15 is 0 Å². The van der Waals surface area contributed by atoms with E-state index in [-0.39, 0.29) is 0 Å². The fourth-order valence-electron chi connectivity index (χ4n) is 3.00. The molecule has 0 radical (unpaired) electrons. The summed E-state index contributed by atoms with van der Waals surface area (Å²) < 4.78 is 6.77. The second kappa shape index (κ2) is 7.12. The van der Waals surface area contributed by atoms with Gasteiger partial charge in [0.25, 0.3) is 0 Å². The van der Waals surface area contributed by atoms with Gasteiger partial charge in [-0.05, 0) is 38.0 Å². The van der Waals surface area contributed by atoms with Crippen molar-refractivity contribution >= 4 is 26.7 Å². The minimum atomic E-state index is 0.595. The van der Waals surface area contributed by atoms with Crippen molar-refractivity contribution < 1.29 is 4.74 Å². The summed E-state index contributed by atoms with van der Waals surface area (Å²) in [6.45, 7) is 2.72. The van der Waals surface area contributed by atoms with Crippen LogP contribution in [0.2, 0.25) is 0 Å². The second-order valence-corrected chi connectivity index (χ2v) is 6.80. The Hall–Kier alpha value is -1.29. The quantitative estimate of drug-likeness (QED) is 0.841. The average molecular weight is 304 g/mol. The molecule has 0 bridgehead atoms. The maximum absolute atomic E-state index is 5.56. The number of benzene rings is 1. The van der Waals surface area contributed by atoms with Gasteiger partial charge in [0.1, 0.15) is 5.75 Å². The van der Waals surface area contributed by atoms with Crippen LogP contribution in [0.4, 0.5) is 5.13 Å². The first-order valence-electron chi connectivity index (χ1n) is 8.15. The molecule has 1 N–H and O–H groups in total. The number of hydrogen-bond donors (Lipinski definition) is 1. The molecule has 114 valence electrons. The van der Waals surface area contributed by atoms with E-state index < -0.39 is 0 Å². The van der Waals surface area contributed by atoms with Gasteiger partial charge < -0.3 is 10.1 Å². The molecule has 3 nitrogen and oxygen atoms in total. The van der Waals surface area contributed by atoms with Gasteiger partial charge in [0.05, 0.1) is 16.8 Å². The molecular formula is C17H24N2OS. The highest BCUT2D eigenvalue weighted by Crippen LogP contribution is 2.31. The lowest BCUT2D eigenvalue weighted by atomic mass is 9.97. The van der Waals surface area contributed by atoms with Gasteiger partial charge in [-0.25, -0.2) is 4.98 Å². The molecule has 0 atom stereocenters. The van der Waals surface area contributed by atoms with Crippen molar-refractivity contribution in [3.05, 3.63) is 18.2 Å². The Morgan fingerprint density at radius 3 is 2.71 bits per heavy atom. The van der Waals surface area contributed by atoms with E-state index in [1.165, 1.54) is 49.6 Å². The summed E-state index contributed by atoms with van der Waals surface area (Å²) in [7, 11) is 0. The maximum Gasteiger partial charge on any atom is 0.184 e. The van der Waals surface area contributed by atoms with E-state index in [4.69, 9.17) is 9.72 Å². The van der Waals surface area contributed by atoms with Gasteiger partial charge in [-0.2, -0.15) is 0 Å².